The summed E-state index contributed by atoms with van der Waals surface area (Å²) in [7, 11) is 0. The van der Waals surface area contributed by atoms with Gasteiger partial charge >= 0.3 is 5.76 Å². The Bertz CT molecular complexity index is 539. The topological polar surface area (TPSA) is 35.1 Å². The average Bonchev–Trinajstić information content (AvgIpc) is 2.45. The van der Waals surface area contributed by atoms with E-state index in [2.05, 4.69) is 22.5 Å². The number of halogens is 1. The summed E-state index contributed by atoms with van der Waals surface area (Å²) in [5, 5.41) is 0. The number of nitrogens with zero attached hydrogens (tertiary/aromatic N) is 1. The molecule has 0 aliphatic carbocycles. The lowest BCUT2D eigenvalue weighted by Crippen LogP contribution is -2.12. The molecule has 2 aromatic rings. The molecule has 0 saturated carbocycles. The summed E-state index contributed by atoms with van der Waals surface area (Å²) in [5.41, 5.74) is 1.38. The number of allylic oxidation sites excluding steroid dienone is 1. The number of fused-ring (bicyclic) bond motifs is 1. The predicted molar refractivity (Wildman–Crippen MR) is 58.4 cm³/mol. The van der Waals surface area contributed by atoms with E-state index >= 15 is 0 Å². The Balaban J connectivity index is 2.79. The van der Waals surface area contributed by atoms with Gasteiger partial charge in [-0.15, -0.1) is 6.58 Å². The minimum absolute atomic E-state index is 0.349. The molecule has 1 aromatic carbocycles. The maximum Gasteiger partial charge on any atom is 0.420 e. The monoisotopic (exact) mass is 253 g/mol. The Hall–Kier alpha value is -1.29. The number of hydrogen-bond donors (Lipinski definition) is 0. The zero-order chi connectivity index (χ0) is 10.1. The molecule has 72 valence electrons. The van der Waals surface area contributed by atoms with Crippen LogP contribution >= 0.6 is 15.9 Å². The highest BCUT2D eigenvalue weighted by atomic mass is 79.9. The number of benzene rings is 1. The van der Waals surface area contributed by atoms with Crippen LogP contribution in [0.4, 0.5) is 0 Å². The van der Waals surface area contributed by atoms with E-state index in [0.29, 0.717) is 12.1 Å². The van der Waals surface area contributed by atoms with Crippen molar-refractivity contribution in [2.45, 2.75) is 6.54 Å². The zero-order valence-electron chi connectivity index (χ0n) is 7.37. The van der Waals surface area contributed by atoms with E-state index in [0.717, 1.165) is 9.99 Å². The van der Waals surface area contributed by atoms with Crippen molar-refractivity contribution >= 4 is 27.0 Å². The lowest BCUT2D eigenvalue weighted by Gasteiger charge is -1.96. The largest absolute Gasteiger partial charge is 0.420 e. The minimum atomic E-state index is -0.349. The molecule has 0 spiro atoms. The molecule has 14 heavy (non-hydrogen) atoms. The van der Waals surface area contributed by atoms with Crippen LogP contribution in [0.3, 0.4) is 0 Å². The van der Waals surface area contributed by atoms with Gasteiger partial charge in [-0.2, -0.15) is 0 Å². The maximum absolute atomic E-state index is 11.4. The van der Waals surface area contributed by atoms with Crippen LogP contribution in [0.5, 0.6) is 0 Å². The van der Waals surface area contributed by atoms with Crippen molar-refractivity contribution in [3.63, 3.8) is 0 Å². The molecule has 0 atom stereocenters. The summed E-state index contributed by atoms with van der Waals surface area (Å²) in [4.78, 5) is 11.4. The molecule has 0 unspecified atom stereocenters. The second-order valence-corrected chi connectivity index (χ2v) is 3.79. The molecule has 0 N–H and O–H groups in total. The number of hydrogen-bond acceptors (Lipinski definition) is 2. The fourth-order valence-corrected chi connectivity index (χ4v) is 1.69. The Labute approximate surface area is 88.8 Å². The van der Waals surface area contributed by atoms with Crippen molar-refractivity contribution in [1.29, 1.82) is 0 Å². The van der Waals surface area contributed by atoms with E-state index in [-0.39, 0.29) is 5.76 Å². The molecular weight excluding hydrogens is 246 g/mol. The SMILES string of the molecule is C=CCn1c(=O)oc2ccc(Br)cc21. The fraction of sp³-hybridized carbons (Fsp3) is 0.100. The highest BCUT2D eigenvalue weighted by Gasteiger charge is 2.07. The second kappa shape index (κ2) is 3.46. The highest BCUT2D eigenvalue weighted by molar-refractivity contribution is 9.10. The predicted octanol–water partition coefficient (Wildman–Crippen LogP) is 2.54. The van der Waals surface area contributed by atoms with Gasteiger partial charge < -0.3 is 4.42 Å². The van der Waals surface area contributed by atoms with Crippen LogP contribution in [0.1, 0.15) is 0 Å². The van der Waals surface area contributed by atoms with Gasteiger partial charge in [0.1, 0.15) is 0 Å². The van der Waals surface area contributed by atoms with Crippen molar-refractivity contribution in [1.82, 2.24) is 4.57 Å². The zero-order valence-corrected chi connectivity index (χ0v) is 8.95. The molecule has 2 rings (SSSR count). The molecule has 3 nitrogen and oxygen atoms in total. The fourth-order valence-electron chi connectivity index (χ4n) is 1.34. The quantitative estimate of drug-likeness (QED) is 0.772. The normalized spacial score (nSPS) is 10.6. The lowest BCUT2D eigenvalue weighted by molar-refractivity contribution is 0.520. The van der Waals surface area contributed by atoms with Crippen LogP contribution < -0.4 is 5.76 Å². The van der Waals surface area contributed by atoms with E-state index in [1.165, 1.54) is 4.57 Å². The Kier molecular flexibility index (Phi) is 2.29. The van der Waals surface area contributed by atoms with E-state index in [1.807, 2.05) is 12.1 Å². The van der Waals surface area contributed by atoms with Crippen molar-refractivity contribution in [2.75, 3.05) is 0 Å². The van der Waals surface area contributed by atoms with Gasteiger partial charge in [0.2, 0.25) is 0 Å². The van der Waals surface area contributed by atoms with Crippen LogP contribution in [-0.2, 0) is 6.54 Å². The molecule has 0 fully saturated rings. The molecule has 1 aromatic heterocycles. The standard InChI is InChI=1S/C10H8BrNO2/c1-2-5-12-8-6-7(11)3-4-9(8)14-10(12)13/h2-4,6H,1,5H2. The van der Waals surface area contributed by atoms with E-state index in [1.54, 1.807) is 12.1 Å². The van der Waals surface area contributed by atoms with Crippen LogP contribution in [-0.4, -0.2) is 4.57 Å². The third kappa shape index (κ3) is 1.42. The molecular formula is C10H8BrNO2. The van der Waals surface area contributed by atoms with Gasteiger partial charge in [-0.3, -0.25) is 4.57 Å². The number of oxazole rings is 1. The van der Waals surface area contributed by atoms with Gasteiger partial charge in [-0.25, -0.2) is 4.79 Å². The van der Waals surface area contributed by atoms with Crippen molar-refractivity contribution in [2.24, 2.45) is 0 Å². The van der Waals surface area contributed by atoms with Crippen LogP contribution in [0.25, 0.3) is 11.1 Å². The van der Waals surface area contributed by atoms with E-state index < -0.39 is 0 Å². The maximum atomic E-state index is 11.4. The van der Waals surface area contributed by atoms with Gasteiger partial charge in [0.15, 0.2) is 5.58 Å². The van der Waals surface area contributed by atoms with Crippen molar-refractivity contribution in [3.05, 3.63) is 45.9 Å². The highest BCUT2D eigenvalue weighted by Crippen LogP contribution is 2.18. The molecule has 0 amide bonds. The Morgan fingerprint density at radius 3 is 3.07 bits per heavy atom. The molecule has 1 heterocycles. The minimum Gasteiger partial charge on any atom is -0.408 e. The van der Waals surface area contributed by atoms with Gasteiger partial charge in [-0.05, 0) is 18.2 Å². The Morgan fingerprint density at radius 1 is 1.57 bits per heavy atom. The number of aromatic nitrogens is 1. The van der Waals surface area contributed by atoms with Crippen LogP contribution in [0, 0.1) is 0 Å². The van der Waals surface area contributed by atoms with Crippen LogP contribution in [0.2, 0.25) is 0 Å². The average molecular weight is 254 g/mol. The molecule has 0 bridgehead atoms. The van der Waals surface area contributed by atoms with Gasteiger partial charge in [0.25, 0.3) is 0 Å². The van der Waals surface area contributed by atoms with Crippen LogP contribution in [0.15, 0.2) is 44.5 Å². The van der Waals surface area contributed by atoms with E-state index in [4.69, 9.17) is 4.42 Å². The van der Waals surface area contributed by atoms with Gasteiger partial charge in [-0.1, -0.05) is 22.0 Å². The van der Waals surface area contributed by atoms with Gasteiger partial charge in [0.05, 0.1) is 5.52 Å². The first-order chi connectivity index (χ1) is 6.72. The smallest absolute Gasteiger partial charge is 0.408 e. The molecule has 0 saturated heterocycles. The molecule has 0 radical (unpaired) electrons. The number of rotatable bonds is 2. The third-order valence-electron chi connectivity index (χ3n) is 1.94. The Morgan fingerprint density at radius 2 is 2.36 bits per heavy atom. The first kappa shape index (κ1) is 9.27. The summed E-state index contributed by atoms with van der Waals surface area (Å²) in [6.45, 7) is 4.05. The molecule has 0 aliphatic rings. The summed E-state index contributed by atoms with van der Waals surface area (Å²) in [6.07, 6.45) is 1.66. The molecule has 0 aliphatic heterocycles. The van der Waals surface area contributed by atoms with Crippen molar-refractivity contribution < 1.29 is 4.42 Å². The lowest BCUT2D eigenvalue weighted by atomic mass is 10.3. The summed E-state index contributed by atoms with van der Waals surface area (Å²) < 4.78 is 7.50. The summed E-state index contributed by atoms with van der Waals surface area (Å²) >= 11 is 3.34. The summed E-state index contributed by atoms with van der Waals surface area (Å²) in [5.74, 6) is -0.349. The summed E-state index contributed by atoms with van der Waals surface area (Å²) in [6, 6.07) is 5.45. The second-order valence-electron chi connectivity index (χ2n) is 2.88. The first-order valence-electron chi connectivity index (χ1n) is 4.12. The van der Waals surface area contributed by atoms with Crippen molar-refractivity contribution in [3.8, 4) is 0 Å². The van der Waals surface area contributed by atoms with Gasteiger partial charge in [0, 0.05) is 11.0 Å². The molecule has 4 heteroatoms. The van der Waals surface area contributed by atoms with E-state index in [9.17, 15) is 4.79 Å². The first-order valence-corrected chi connectivity index (χ1v) is 4.91. The third-order valence-corrected chi connectivity index (χ3v) is 2.43.